The molecular weight excluding hydrogens is 423 g/mol. The van der Waals surface area contributed by atoms with Crippen molar-refractivity contribution in [2.45, 2.75) is 50.1 Å². The third-order valence-corrected chi connectivity index (χ3v) is 7.51. The Labute approximate surface area is 192 Å². The maximum Gasteiger partial charge on any atom is 0.246 e. The minimum Gasteiger partial charge on any atom is -0.378 e. The maximum absolute atomic E-state index is 14.9. The van der Waals surface area contributed by atoms with Gasteiger partial charge in [0.2, 0.25) is 11.9 Å². The van der Waals surface area contributed by atoms with Gasteiger partial charge in [0.05, 0.1) is 18.9 Å². The lowest BCUT2D eigenvalue weighted by Gasteiger charge is -2.38. The van der Waals surface area contributed by atoms with E-state index >= 15 is 0 Å². The minimum atomic E-state index is -0.545. The van der Waals surface area contributed by atoms with Crippen LogP contribution >= 0.6 is 0 Å². The van der Waals surface area contributed by atoms with Gasteiger partial charge in [-0.1, -0.05) is 12.8 Å². The van der Waals surface area contributed by atoms with E-state index in [2.05, 4.69) is 20.5 Å². The quantitative estimate of drug-likeness (QED) is 0.738. The fraction of sp³-hybridized carbons (Fsp3) is 0.542. The largest absolute Gasteiger partial charge is 0.378 e. The van der Waals surface area contributed by atoms with Crippen molar-refractivity contribution < 1.29 is 13.9 Å². The summed E-state index contributed by atoms with van der Waals surface area (Å²) < 4.78 is 20.2. The van der Waals surface area contributed by atoms with Crippen molar-refractivity contribution in [1.29, 1.82) is 0 Å². The highest BCUT2D eigenvalue weighted by atomic mass is 19.1. The molecule has 1 aromatic heterocycles. The Bertz CT molecular complexity index is 1070. The van der Waals surface area contributed by atoms with Crippen LogP contribution < -0.4 is 20.4 Å². The van der Waals surface area contributed by atoms with Crippen LogP contribution in [0, 0.1) is 5.82 Å². The fourth-order valence-electron chi connectivity index (χ4n) is 5.91. The summed E-state index contributed by atoms with van der Waals surface area (Å²) in [5.74, 6) is 1.09. The molecule has 6 rings (SSSR count). The summed E-state index contributed by atoms with van der Waals surface area (Å²) in [6, 6.07) is 5.45. The molecule has 1 aromatic carbocycles. The molecule has 4 heterocycles. The van der Waals surface area contributed by atoms with Crippen LogP contribution in [0.25, 0.3) is 0 Å². The number of nitrogens with one attached hydrogen (secondary N) is 2. The molecule has 3 aliphatic heterocycles. The monoisotopic (exact) mass is 452 g/mol. The van der Waals surface area contributed by atoms with E-state index in [4.69, 9.17) is 9.72 Å². The van der Waals surface area contributed by atoms with Gasteiger partial charge in [-0.05, 0) is 37.5 Å². The third-order valence-electron chi connectivity index (χ3n) is 7.51. The van der Waals surface area contributed by atoms with Gasteiger partial charge in [0.1, 0.15) is 17.2 Å². The van der Waals surface area contributed by atoms with Crippen LogP contribution in [-0.2, 0) is 16.0 Å². The number of morpholine rings is 1. The van der Waals surface area contributed by atoms with Crippen molar-refractivity contribution in [3.8, 4) is 0 Å². The number of amides is 1. The Morgan fingerprint density at radius 2 is 2.03 bits per heavy atom. The van der Waals surface area contributed by atoms with Gasteiger partial charge >= 0.3 is 0 Å². The molecule has 3 fully saturated rings. The van der Waals surface area contributed by atoms with Gasteiger partial charge in [0.25, 0.3) is 0 Å². The third kappa shape index (κ3) is 3.49. The van der Waals surface area contributed by atoms with Gasteiger partial charge < -0.3 is 25.2 Å². The van der Waals surface area contributed by atoms with Gasteiger partial charge in [-0.15, -0.1) is 0 Å². The van der Waals surface area contributed by atoms with E-state index in [1.54, 1.807) is 6.07 Å². The molecule has 1 aliphatic carbocycles. The average molecular weight is 453 g/mol. The lowest BCUT2D eigenvalue weighted by Crippen LogP contribution is -2.56. The minimum absolute atomic E-state index is 0.0997. The zero-order chi connectivity index (χ0) is 22.4. The predicted molar refractivity (Wildman–Crippen MR) is 124 cm³/mol. The Morgan fingerprint density at radius 1 is 1.21 bits per heavy atom. The summed E-state index contributed by atoms with van der Waals surface area (Å²) in [6.45, 7) is 3.29. The zero-order valence-electron chi connectivity index (χ0n) is 18.6. The van der Waals surface area contributed by atoms with Crippen molar-refractivity contribution in [2.75, 3.05) is 48.0 Å². The molecule has 8 nitrogen and oxygen atoms in total. The first-order chi connectivity index (χ1) is 16.1. The summed E-state index contributed by atoms with van der Waals surface area (Å²) in [4.78, 5) is 26.6. The number of anilines is 4. The molecule has 1 saturated carbocycles. The number of hydrogen-bond donors (Lipinski definition) is 2. The van der Waals surface area contributed by atoms with E-state index in [-0.39, 0.29) is 11.7 Å². The van der Waals surface area contributed by atoms with Crippen molar-refractivity contribution in [1.82, 2.24) is 15.3 Å². The molecule has 174 valence electrons. The number of aromatic nitrogens is 2. The number of rotatable bonds is 4. The second-order valence-electron chi connectivity index (χ2n) is 9.46. The molecule has 2 aromatic rings. The molecule has 33 heavy (non-hydrogen) atoms. The maximum atomic E-state index is 14.9. The summed E-state index contributed by atoms with van der Waals surface area (Å²) in [5, 5.41) is 6.21. The lowest BCUT2D eigenvalue weighted by molar-refractivity contribution is -0.123. The van der Waals surface area contributed by atoms with Crippen LogP contribution in [0.3, 0.4) is 0 Å². The average Bonchev–Trinajstić information content (AvgIpc) is 3.54. The molecule has 1 unspecified atom stereocenters. The predicted octanol–water partition coefficient (Wildman–Crippen LogP) is 2.76. The molecular formula is C24H29FN6O2. The van der Waals surface area contributed by atoms with E-state index in [9.17, 15) is 9.18 Å². The molecule has 9 heteroatoms. The van der Waals surface area contributed by atoms with E-state index in [1.807, 2.05) is 17.2 Å². The van der Waals surface area contributed by atoms with E-state index < -0.39 is 5.54 Å². The number of carbonyl (C=O) groups is 1. The Hall–Kier alpha value is -2.94. The standard InChI is InChI=1S/C24H29FN6O2/c25-19-13-17(5-6-20(19)30-9-11-33-12-10-30)28-23-27-15-16-14-24(7-8-26-22(24)32)31(21(16)29-23)18-3-1-2-4-18/h5-6,13,15,18H,1-4,7-12,14H2,(H,26,32)(H,27,28,29). The smallest absolute Gasteiger partial charge is 0.246 e. The molecule has 2 N–H and O–H groups in total. The Morgan fingerprint density at radius 3 is 2.76 bits per heavy atom. The number of carbonyl (C=O) groups excluding carboxylic acids is 1. The van der Waals surface area contributed by atoms with Gasteiger partial charge in [0, 0.05) is 49.5 Å². The summed E-state index contributed by atoms with van der Waals surface area (Å²) >= 11 is 0. The zero-order valence-corrected chi connectivity index (χ0v) is 18.6. The molecule has 0 bridgehead atoms. The first-order valence-electron chi connectivity index (χ1n) is 12.0. The van der Waals surface area contributed by atoms with E-state index in [0.717, 1.165) is 30.6 Å². The van der Waals surface area contributed by atoms with Crippen molar-refractivity contribution >= 4 is 29.0 Å². The summed E-state index contributed by atoms with van der Waals surface area (Å²) in [7, 11) is 0. The van der Waals surface area contributed by atoms with E-state index in [1.165, 1.54) is 18.9 Å². The highest BCUT2D eigenvalue weighted by molar-refractivity contribution is 5.94. The number of hydrogen-bond acceptors (Lipinski definition) is 7. The van der Waals surface area contributed by atoms with Crippen LogP contribution in [0.1, 0.15) is 37.7 Å². The fourth-order valence-corrected chi connectivity index (χ4v) is 5.91. The Balaban J connectivity index is 1.28. The van der Waals surface area contributed by atoms with Crippen molar-refractivity contribution in [2.24, 2.45) is 0 Å². The summed E-state index contributed by atoms with van der Waals surface area (Å²) in [5.41, 5.74) is 1.65. The molecule has 1 amide bonds. The first-order valence-corrected chi connectivity index (χ1v) is 12.0. The van der Waals surface area contributed by atoms with Gasteiger partial charge in [0.15, 0.2) is 0 Å². The van der Waals surface area contributed by atoms with Gasteiger partial charge in [-0.3, -0.25) is 4.79 Å². The Kier molecular flexibility index (Phi) is 5.09. The first kappa shape index (κ1) is 20.7. The van der Waals surface area contributed by atoms with Crippen LogP contribution in [0.2, 0.25) is 0 Å². The van der Waals surface area contributed by atoms with Crippen LogP contribution in [0.5, 0.6) is 0 Å². The molecule has 2 saturated heterocycles. The normalized spacial score (nSPS) is 25.1. The van der Waals surface area contributed by atoms with Crippen molar-refractivity contribution in [3.05, 3.63) is 35.8 Å². The second-order valence-corrected chi connectivity index (χ2v) is 9.46. The van der Waals surface area contributed by atoms with Crippen molar-refractivity contribution in [3.63, 3.8) is 0 Å². The van der Waals surface area contributed by atoms with Gasteiger partial charge in [-0.25, -0.2) is 9.37 Å². The number of benzene rings is 1. The van der Waals surface area contributed by atoms with Crippen LogP contribution in [0.15, 0.2) is 24.4 Å². The molecule has 4 aliphatic rings. The van der Waals surface area contributed by atoms with E-state index in [0.29, 0.717) is 62.6 Å². The SMILES string of the molecule is O=C1NCCC12Cc1cnc(Nc3ccc(N4CCOCC4)c(F)c3)nc1N2C1CCCC1. The lowest BCUT2D eigenvalue weighted by atomic mass is 9.91. The molecule has 1 atom stereocenters. The number of nitrogens with zero attached hydrogens (tertiary/aromatic N) is 4. The molecule has 0 radical (unpaired) electrons. The topological polar surface area (TPSA) is 82.6 Å². The number of ether oxygens (including phenoxy) is 1. The number of fused-ring (bicyclic) bond motifs is 1. The van der Waals surface area contributed by atoms with Crippen LogP contribution in [-0.4, -0.2) is 60.3 Å². The summed E-state index contributed by atoms with van der Waals surface area (Å²) in [6.07, 6.45) is 7.78. The highest BCUT2D eigenvalue weighted by Gasteiger charge is 2.55. The molecule has 1 spiro atoms. The second kappa shape index (κ2) is 8.13. The number of halogens is 1. The highest BCUT2D eigenvalue weighted by Crippen LogP contribution is 2.46. The van der Waals surface area contributed by atoms with Gasteiger partial charge in [-0.2, -0.15) is 4.98 Å². The van der Waals surface area contributed by atoms with Crippen LogP contribution in [0.4, 0.5) is 27.5 Å².